The van der Waals surface area contributed by atoms with E-state index in [1.807, 2.05) is 0 Å². The van der Waals surface area contributed by atoms with Gasteiger partial charge in [0.2, 0.25) is 0 Å². The zero-order valence-corrected chi connectivity index (χ0v) is 14.9. The summed E-state index contributed by atoms with van der Waals surface area (Å²) in [6.07, 6.45) is 7.35. The van der Waals surface area contributed by atoms with Crippen molar-refractivity contribution >= 4 is 17.2 Å². The Labute approximate surface area is 151 Å². The number of rotatable bonds is 4. The van der Waals surface area contributed by atoms with Gasteiger partial charge < -0.3 is 10.1 Å². The minimum atomic E-state index is -0.149. The molecule has 6 nitrogen and oxygen atoms in total. The van der Waals surface area contributed by atoms with Gasteiger partial charge in [0, 0.05) is 49.6 Å². The lowest BCUT2D eigenvalue weighted by Gasteiger charge is -2.38. The molecule has 4 heterocycles. The van der Waals surface area contributed by atoms with Crippen molar-refractivity contribution in [3.63, 3.8) is 0 Å². The van der Waals surface area contributed by atoms with Crippen LogP contribution in [-0.4, -0.2) is 52.1 Å². The van der Waals surface area contributed by atoms with Gasteiger partial charge in [-0.1, -0.05) is 6.07 Å². The molecule has 0 saturated carbocycles. The van der Waals surface area contributed by atoms with Crippen LogP contribution in [0.15, 0.2) is 36.1 Å². The summed E-state index contributed by atoms with van der Waals surface area (Å²) in [7, 11) is 0. The lowest BCUT2D eigenvalue weighted by atomic mass is 9.89. The zero-order chi connectivity index (χ0) is 17.1. The zero-order valence-electron chi connectivity index (χ0n) is 14.1. The average molecular weight is 358 g/mol. The number of thiophene rings is 1. The van der Waals surface area contributed by atoms with Gasteiger partial charge in [0.05, 0.1) is 11.8 Å². The molecule has 2 fully saturated rings. The van der Waals surface area contributed by atoms with E-state index in [1.165, 1.54) is 11.1 Å². The largest absolute Gasteiger partial charge is 0.373 e. The topological polar surface area (TPSA) is 67.3 Å². The van der Waals surface area contributed by atoms with E-state index in [1.54, 1.807) is 23.7 Å². The minimum absolute atomic E-state index is 0.129. The van der Waals surface area contributed by atoms with Gasteiger partial charge in [-0.2, -0.15) is 0 Å². The van der Waals surface area contributed by atoms with Crippen molar-refractivity contribution in [1.82, 2.24) is 20.2 Å². The van der Waals surface area contributed by atoms with Gasteiger partial charge in [0.15, 0.2) is 0 Å². The van der Waals surface area contributed by atoms with Crippen LogP contribution >= 0.6 is 11.3 Å². The van der Waals surface area contributed by atoms with Crippen molar-refractivity contribution in [3.05, 3.63) is 46.7 Å². The molecule has 0 unspecified atom stereocenters. The molecule has 25 heavy (non-hydrogen) atoms. The molecule has 0 radical (unpaired) electrons. The van der Waals surface area contributed by atoms with Gasteiger partial charge in [-0.3, -0.25) is 14.7 Å². The first-order valence-electron chi connectivity index (χ1n) is 8.68. The van der Waals surface area contributed by atoms with Crippen molar-refractivity contribution in [2.75, 3.05) is 19.7 Å². The van der Waals surface area contributed by atoms with Crippen LogP contribution in [0.3, 0.4) is 0 Å². The molecule has 132 valence electrons. The molecule has 1 amide bonds. The van der Waals surface area contributed by atoms with Gasteiger partial charge >= 0.3 is 0 Å². The van der Waals surface area contributed by atoms with Crippen molar-refractivity contribution < 1.29 is 9.53 Å². The number of hydrogen-bond donors (Lipinski definition) is 1. The second kappa shape index (κ2) is 7.19. The van der Waals surface area contributed by atoms with Gasteiger partial charge in [0.25, 0.3) is 5.91 Å². The van der Waals surface area contributed by atoms with Crippen LogP contribution in [0.5, 0.6) is 0 Å². The maximum atomic E-state index is 12.3. The number of hydrogen-bond acceptors (Lipinski definition) is 6. The van der Waals surface area contributed by atoms with E-state index in [0.29, 0.717) is 12.3 Å². The van der Waals surface area contributed by atoms with Crippen LogP contribution in [0.25, 0.3) is 0 Å². The standard InChI is InChI=1S/C18H22N4O2S/c23-17(16-11-19-5-6-20-16)21-14-3-8-24-18(10-14)4-7-22(13-18)12-15-2-1-9-25-15/h1-2,5-6,9,11,14H,3-4,7-8,10,12-13H2,(H,21,23)/t14-,18-/m0/s1. The molecular formula is C18H22N4O2S. The Morgan fingerprint density at radius 2 is 2.44 bits per heavy atom. The van der Waals surface area contributed by atoms with E-state index >= 15 is 0 Å². The molecule has 4 rings (SSSR count). The third-order valence-electron chi connectivity index (χ3n) is 4.98. The fourth-order valence-electron chi connectivity index (χ4n) is 3.80. The summed E-state index contributed by atoms with van der Waals surface area (Å²) in [5.41, 5.74) is 0.240. The Balaban J connectivity index is 1.35. The van der Waals surface area contributed by atoms with E-state index in [4.69, 9.17) is 4.74 Å². The highest BCUT2D eigenvalue weighted by molar-refractivity contribution is 7.09. The maximum absolute atomic E-state index is 12.3. The number of nitrogens with one attached hydrogen (secondary N) is 1. The van der Waals surface area contributed by atoms with Crippen LogP contribution in [0, 0.1) is 0 Å². The minimum Gasteiger partial charge on any atom is -0.373 e. The maximum Gasteiger partial charge on any atom is 0.271 e. The van der Waals surface area contributed by atoms with Crippen molar-refractivity contribution in [1.29, 1.82) is 0 Å². The smallest absolute Gasteiger partial charge is 0.271 e. The van der Waals surface area contributed by atoms with E-state index in [2.05, 4.69) is 37.7 Å². The first-order valence-corrected chi connectivity index (χ1v) is 9.56. The number of ether oxygens (including phenoxy) is 1. The summed E-state index contributed by atoms with van der Waals surface area (Å²) < 4.78 is 6.18. The highest BCUT2D eigenvalue weighted by Gasteiger charge is 2.43. The Kier molecular flexibility index (Phi) is 4.78. The van der Waals surface area contributed by atoms with Gasteiger partial charge in [0.1, 0.15) is 5.69 Å². The SMILES string of the molecule is O=C(N[C@H]1CCO[C@@]2(CCN(Cc3cccs3)C2)C1)c1cnccn1. The highest BCUT2D eigenvalue weighted by Crippen LogP contribution is 2.35. The molecule has 7 heteroatoms. The number of amides is 1. The predicted molar refractivity (Wildman–Crippen MR) is 95.4 cm³/mol. The second-order valence-electron chi connectivity index (χ2n) is 6.83. The lowest BCUT2D eigenvalue weighted by molar-refractivity contribution is -0.0792. The molecule has 0 aromatic carbocycles. The normalized spacial score (nSPS) is 26.8. The fraction of sp³-hybridized carbons (Fsp3) is 0.500. The van der Waals surface area contributed by atoms with Crippen LogP contribution in [0.2, 0.25) is 0 Å². The van der Waals surface area contributed by atoms with Crippen LogP contribution < -0.4 is 5.32 Å². The molecule has 2 aliphatic heterocycles. The molecule has 2 saturated heterocycles. The van der Waals surface area contributed by atoms with Crippen LogP contribution in [-0.2, 0) is 11.3 Å². The molecule has 2 aromatic heterocycles. The first kappa shape index (κ1) is 16.6. The summed E-state index contributed by atoms with van der Waals surface area (Å²) in [6, 6.07) is 4.41. The Morgan fingerprint density at radius 1 is 1.48 bits per heavy atom. The summed E-state index contributed by atoms with van der Waals surface area (Å²) >= 11 is 1.80. The van der Waals surface area contributed by atoms with E-state index in [-0.39, 0.29) is 17.6 Å². The molecule has 2 atom stereocenters. The molecule has 1 spiro atoms. The highest BCUT2D eigenvalue weighted by atomic mass is 32.1. The Hall–Kier alpha value is -1.83. The second-order valence-corrected chi connectivity index (χ2v) is 7.86. The van der Waals surface area contributed by atoms with Crippen LogP contribution in [0.4, 0.5) is 0 Å². The summed E-state index contributed by atoms with van der Waals surface area (Å²) in [5, 5.41) is 5.23. The predicted octanol–water partition coefficient (Wildman–Crippen LogP) is 2.09. The van der Waals surface area contributed by atoms with Gasteiger partial charge in [-0.25, -0.2) is 4.98 Å². The molecule has 0 aliphatic carbocycles. The van der Waals surface area contributed by atoms with Crippen molar-refractivity contribution in [3.8, 4) is 0 Å². The molecule has 0 bridgehead atoms. The molecular weight excluding hydrogens is 336 g/mol. The van der Waals surface area contributed by atoms with E-state index in [0.717, 1.165) is 38.9 Å². The molecule has 2 aromatic rings. The van der Waals surface area contributed by atoms with Gasteiger partial charge in [-0.15, -0.1) is 11.3 Å². The third-order valence-corrected chi connectivity index (χ3v) is 5.84. The van der Waals surface area contributed by atoms with Gasteiger partial charge in [-0.05, 0) is 30.7 Å². The third kappa shape index (κ3) is 3.89. The van der Waals surface area contributed by atoms with E-state index < -0.39 is 0 Å². The Bertz CT molecular complexity index is 709. The fourth-order valence-corrected chi connectivity index (χ4v) is 4.54. The van der Waals surface area contributed by atoms with Crippen molar-refractivity contribution in [2.45, 2.75) is 37.5 Å². The molecule has 2 aliphatic rings. The number of carbonyl (C=O) groups excluding carboxylic acids is 1. The Morgan fingerprint density at radius 3 is 3.24 bits per heavy atom. The lowest BCUT2D eigenvalue weighted by Crippen LogP contribution is -2.50. The average Bonchev–Trinajstić information content (AvgIpc) is 3.27. The summed E-state index contributed by atoms with van der Waals surface area (Å²) in [6.45, 7) is 3.66. The van der Waals surface area contributed by atoms with Crippen molar-refractivity contribution in [2.24, 2.45) is 0 Å². The number of likely N-dealkylation sites (tertiary alicyclic amines) is 1. The quantitative estimate of drug-likeness (QED) is 0.906. The number of nitrogens with zero attached hydrogens (tertiary/aromatic N) is 3. The molecule has 1 N–H and O–H groups in total. The summed E-state index contributed by atoms with van der Waals surface area (Å²) in [5.74, 6) is -0.149. The number of carbonyl (C=O) groups is 1. The monoisotopic (exact) mass is 358 g/mol. The number of aromatic nitrogens is 2. The summed E-state index contributed by atoms with van der Waals surface area (Å²) in [4.78, 5) is 24.2. The van der Waals surface area contributed by atoms with E-state index in [9.17, 15) is 4.79 Å². The first-order chi connectivity index (χ1) is 12.2. The van der Waals surface area contributed by atoms with Crippen LogP contribution in [0.1, 0.15) is 34.6 Å².